The number of nitrogens with zero attached hydrogens (tertiary/aromatic N) is 2. The highest BCUT2D eigenvalue weighted by atomic mass is 32.2. The summed E-state index contributed by atoms with van der Waals surface area (Å²) in [6, 6.07) is 20.0. The van der Waals surface area contributed by atoms with Crippen LogP contribution in [0.15, 0.2) is 75.2 Å². The van der Waals surface area contributed by atoms with Gasteiger partial charge in [-0.05, 0) is 43.2 Å². The van der Waals surface area contributed by atoms with Crippen molar-refractivity contribution in [2.45, 2.75) is 23.6 Å². The number of fused-ring (bicyclic) bond motifs is 8. The van der Waals surface area contributed by atoms with E-state index in [1.807, 2.05) is 43.3 Å². The molecule has 1 N–H and O–H groups in total. The Bertz CT molecular complexity index is 1550. The number of nitrogens with one attached hydrogen (secondary N) is 1. The van der Waals surface area contributed by atoms with Gasteiger partial charge in [-0.15, -0.1) is 0 Å². The molecule has 1 aliphatic heterocycles. The summed E-state index contributed by atoms with van der Waals surface area (Å²) in [7, 11) is 0. The highest BCUT2D eigenvalue weighted by molar-refractivity contribution is 8.00. The number of anilines is 2. The highest BCUT2D eigenvalue weighted by Gasteiger charge is 2.25. The van der Waals surface area contributed by atoms with Crippen LogP contribution in [0, 0.1) is 13.8 Å². The Hall–Kier alpha value is -3.31. The molecule has 5 heteroatoms. The Morgan fingerprint density at radius 2 is 1.62 bits per heavy atom. The lowest BCUT2D eigenvalue weighted by Gasteiger charge is -2.26. The van der Waals surface area contributed by atoms with Gasteiger partial charge in [0.1, 0.15) is 0 Å². The summed E-state index contributed by atoms with van der Waals surface area (Å²) in [6.07, 6.45) is 0. The standard InChI is InChI=1S/C24H17N3OS/c1-13-7-6-12-18-19(13)26-20-16-10-5-8-14(2)21(16)27-23(22(20)29-18)25-17-11-4-3-9-15(17)24(27)28/h3-12,26H,1-2H3. The fourth-order valence-electron chi connectivity index (χ4n) is 4.23. The van der Waals surface area contributed by atoms with E-state index in [-0.39, 0.29) is 5.56 Å². The molecule has 0 aliphatic carbocycles. The molecule has 3 aromatic carbocycles. The topological polar surface area (TPSA) is 46.4 Å². The number of pyridine rings is 1. The summed E-state index contributed by atoms with van der Waals surface area (Å²) in [5.74, 6) is 0. The van der Waals surface area contributed by atoms with Crippen molar-refractivity contribution in [3.8, 4) is 0 Å². The van der Waals surface area contributed by atoms with Crippen LogP contribution < -0.4 is 10.9 Å². The fraction of sp³-hybridized carbons (Fsp3) is 0.0833. The zero-order chi connectivity index (χ0) is 19.7. The largest absolute Gasteiger partial charge is 0.353 e. The molecule has 140 valence electrons. The van der Waals surface area contributed by atoms with Gasteiger partial charge < -0.3 is 5.32 Å². The van der Waals surface area contributed by atoms with E-state index < -0.39 is 0 Å². The van der Waals surface area contributed by atoms with E-state index >= 15 is 0 Å². The van der Waals surface area contributed by atoms with Crippen LogP contribution >= 0.6 is 11.8 Å². The van der Waals surface area contributed by atoms with Crippen molar-refractivity contribution < 1.29 is 0 Å². The summed E-state index contributed by atoms with van der Waals surface area (Å²) in [5, 5.41) is 5.34. The van der Waals surface area contributed by atoms with Crippen molar-refractivity contribution in [2.24, 2.45) is 0 Å². The first-order valence-corrected chi connectivity index (χ1v) is 10.4. The Morgan fingerprint density at radius 1 is 0.862 bits per heavy atom. The summed E-state index contributed by atoms with van der Waals surface area (Å²) in [5.41, 5.74) is 6.72. The van der Waals surface area contributed by atoms with Crippen LogP contribution in [-0.2, 0) is 0 Å². The van der Waals surface area contributed by atoms with Gasteiger partial charge in [0.25, 0.3) is 5.56 Å². The lowest BCUT2D eigenvalue weighted by atomic mass is 10.1. The molecule has 0 bridgehead atoms. The average molecular weight is 395 g/mol. The van der Waals surface area contributed by atoms with Gasteiger partial charge in [0.15, 0.2) is 5.65 Å². The number of rotatable bonds is 0. The maximum atomic E-state index is 13.5. The van der Waals surface area contributed by atoms with Gasteiger partial charge in [-0.2, -0.15) is 0 Å². The molecular formula is C24H17N3OS. The third-order valence-corrected chi connectivity index (χ3v) is 6.78. The normalized spacial score (nSPS) is 12.8. The average Bonchev–Trinajstić information content (AvgIpc) is 2.73. The van der Waals surface area contributed by atoms with Crippen LogP contribution in [0.25, 0.3) is 27.5 Å². The van der Waals surface area contributed by atoms with Crippen LogP contribution in [0.1, 0.15) is 11.1 Å². The van der Waals surface area contributed by atoms with Crippen LogP contribution in [0.3, 0.4) is 0 Å². The third kappa shape index (κ3) is 2.22. The van der Waals surface area contributed by atoms with E-state index in [1.165, 1.54) is 5.56 Å². The van der Waals surface area contributed by atoms with Gasteiger partial charge in [0.2, 0.25) is 0 Å². The lowest BCUT2D eigenvalue weighted by molar-refractivity contribution is 1.09. The molecule has 0 saturated carbocycles. The monoisotopic (exact) mass is 395 g/mol. The number of hydrogen-bond acceptors (Lipinski definition) is 4. The smallest absolute Gasteiger partial charge is 0.266 e. The Kier molecular flexibility index (Phi) is 3.35. The van der Waals surface area contributed by atoms with Crippen molar-refractivity contribution in [1.82, 2.24) is 9.38 Å². The van der Waals surface area contributed by atoms with Gasteiger partial charge in [-0.1, -0.05) is 54.2 Å². The van der Waals surface area contributed by atoms with Crippen molar-refractivity contribution in [3.05, 3.63) is 82.1 Å². The Labute approximate surface area is 171 Å². The number of aromatic nitrogens is 2. The molecule has 4 nitrogen and oxygen atoms in total. The van der Waals surface area contributed by atoms with E-state index in [0.717, 1.165) is 43.1 Å². The first-order chi connectivity index (χ1) is 14.1. The molecule has 1 aliphatic rings. The number of hydrogen-bond donors (Lipinski definition) is 1. The predicted octanol–water partition coefficient (Wildman–Crippen LogP) is 5.83. The van der Waals surface area contributed by atoms with Gasteiger partial charge in [0, 0.05) is 10.3 Å². The summed E-state index contributed by atoms with van der Waals surface area (Å²) < 4.78 is 1.79. The van der Waals surface area contributed by atoms with Crippen molar-refractivity contribution in [2.75, 3.05) is 5.32 Å². The van der Waals surface area contributed by atoms with E-state index in [4.69, 9.17) is 4.98 Å². The first kappa shape index (κ1) is 16.6. The van der Waals surface area contributed by atoms with E-state index in [1.54, 1.807) is 16.2 Å². The quantitative estimate of drug-likeness (QED) is 0.260. The van der Waals surface area contributed by atoms with E-state index in [0.29, 0.717) is 11.0 Å². The molecule has 0 amide bonds. The molecule has 0 spiro atoms. The molecule has 0 radical (unpaired) electrons. The molecule has 3 heterocycles. The van der Waals surface area contributed by atoms with Crippen molar-refractivity contribution >= 4 is 50.6 Å². The number of para-hydroxylation sites is 3. The van der Waals surface area contributed by atoms with Gasteiger partial charge in [-0.25, -0.2) is 4.98 Å². The second-order valence-corrected chi connectivity index (χ2v) is 8.50. The van der Waals surface area contributed by atoms with Crippen molar-refractivity contribution in [1.29, 1.82) is 0 Å². The van der Waals surface area contributed by atoms with Gasteiger partial charge in [0.05, 0.1) is 32.7 Å². The zero-order valence-corrected chi connectivity index (χ0v) is 16.8. The number of benzene rings is 3. The second kappa shape index (κ2) is 5.84. The molecule has 0 unspecified atom stereocenters. The fourth-order valence-corrected chi connectivity index (χ4v) is 5.40. The maximum absolute atomic E-state index is 13.5. The minimum atomic E-state index is -0.0247. The summed E-state index contributed by atoms with van der Waals surface area (Å²) in [6.45, 7) is 4.16. The van der Waals surface area contributed by atoms with E-state index in [2.05, 4.69) is 36.5 Å². The van der Waals surface area contributed by atoms with Crippen LogP contribution in [0.2, 0.25) is 0 Å². The molecule has 5 aromatic rings. The van der Waals surface area contributed by atoms with Crippen LogP contribution in [0.5, 0.6) is 0 Å². The molecule has 2 aromatic heterocycles. The SMILES string of the molecule is Cc1cccc2c1Nc1c(c3nc4ccccc4c(=O)n3c3c(C)cccc13)S2. The van der Waals surface area contributed by atoms with Gasteiger partial charge in [-0.3, -0.25) is 9.20 Å². The minimum absolute atomic E-state index is 0.0247. The second-order valence-electron chi connectivity index (χ2n) is 7.44. The molecule has 0 fully saturated rings. The molecule has 0 saturated heterocycles. The molecule has 6 rings (SSSR count). The Morgan fingerprint density at radius 3 is 2.52 bits per heavy atom. The molecule has 0 atom stereocenters. The van der Waals surface area contributed by atoms with Crippen LogP contribution in [-0.4, -0.2) is 9.38 Å². The predicted molar refractivity (Wildman–Crippen MR) is 120 cm³/mol. The number of aryl methyl sites for hydroxylation is 2. The Balaban J connectivity index is 1.86. The zero-order valence-electron chi connectivity index (χ0n) is 16.0. The first-order valence-electron chi connectivity index (χ1n) is 9.55. The van der Waals surface area contributed by atoms with E-state index in [9.17, 15) is 4.79 Å². The summed E-state index contributed by atoms with van der Waals surface area (Å²) >= 11 is 1.68. The lowest BCUT2D eigenvalue weighted by Crippen LogP contribution is -2.19. The van der Waals surface area contributed by atoms with Crippen molar-refractivity contribution in [3.63, 3.8) is 0 Å². The molecule has 29 heavy (non-hydrogen) atoms. The molecular weight excluding hydrogens is 378 g/mol. The summed E-state index contributed by atoms with van der Waals surface area (Å²) in [4.78, 5) is 20.6. The van der Waals surface area contributed by atoms with Gasteiger partial charge >= 0.3 is 0 Å². The maximum Gasteiger partial charge on any atom is 0.266 e. The third-order valence-electron chi connectivity index (χ3n) is 5.63. The van der Waals surface area contributed by atoms with Crippen LogP contribution in [0.4, 0.5) is 11.4 Å². The minimum Gasteiger partial charge on any atom is -0.353 e. The highest BCUT2D eigenvalue weighted by Crippen LogP contribution is 2.49.